The average molecular weight is 462 g/mol. The molecule has 0 fully saturated rings. The van der Waals surface area contributed by atoms with Crippen LogP contribution in [-0.4, -0.2) is 38.2 Å². The van der Waals surface area contributed by atoms with Crippen LogP contribution in [0.3, 0.4) is 0 Å². The first kappa shape index (κ1) is 24.8. The molecule has 178 valence electrons. The lowest BCUT2D eigenvalue weighted by Crippen LogP contribution is -2.27. The highest BCUT2D eigenvalue weighted by Gasteiger charge is 2.12. The molecule has 3 aromatic rings. The number of hydrogen-bond acceptors (Lipinski definition) is 5. The quantitative estimate of drug-likeness (QED) is 0.342. The summed E-state index contributed by atoms with van der Waals surface area (Å²) < 4.78 is 11.0. The normalized spacial score (nSPS) is 11.4. The Hall–Kier alpha value is -3.84. The first-order chi connectivity index (χ1) is 16.6. The van der Waals surface area contributed by atoms with E-state index in [-0.39, 0.29) is 24.4 Å². The van der Waals surface area contributed by atoms with Gasteiger partial charge in [-0.2, -0.15) is 0 Å². The van der Waals surface area contributed by atoms with E-state index in [1.54, 1.807) is 24.3 Å². The van der Waals surface area contributed by atoms with E-state index in [9.17, 15) is 9.59 Å². The second kappa shape index (κ2) is 13.0. The number of rotatable bonds is 12. The van der Waals surface area contributed by atoms with Gasteiger partial charge in [0.25, 0.3) is 5.91 Å². The summed E-state index contributed by atoms with van der Waals surface area (Å²) >= 11 is 0. The number of anilines is 2. The maximum absolute atomic E-state index is 12.7. The molecule has 0 aromatic heterocycles. The van der Waals surface area contributed by atoms with Crippen LogP contribution >= 0.6 is 0 Å². The molecule has 0 aliphatic rings. The van der Waals surface area contributed by atoms with Gasteiger partial charge in [-0.05, 0) is 49.7 Å². The van der Waals surface area contributed by atoms with Gasteiger partial charge >= 0.3 is 0 Å². The topological polar surface area (TPSA) is 88.7 Å². The van der Waals surface area contributed by atoms with Crippen LogP contribution in [0.4, 0.5) is 11.4 Å². The third kappa shape index (κ3) is 7.64. The Morgan fingerprint density at radius 1 is 0.912 bits per heavy atom. The van der Waals surface area contributed by atoms with Crippen molar-refractivity contribution >= 4 is 23.2 Å². The lowest BCUT2D eigenvalue weighted by atomic mass is 10.1. The molecule has 3 rings (SSSR count). The van der Waals surface area contributed by atoms with E-state index in [1.165, 1.54) is 0 Å². The Labute approximate surface area is 200 Å². The second-order valence-electron chi connectivity index (χ2n) is 7.63. The molecule has 1 unspecified atom stereocenters. The van der Waals surface area contributed by atoms with Gasteiger partial charge in [-0.3, -0.25) is 9.59 Å². The summed E-state index contributed by atoms with van der Waals surface area (Å²) in [6.07, 6.45) is 0. The molecule has 0 aliphatic carbocycles. The third-order valence-corrected chi connectivity index (χ3v) is 5.07. The van der Waals surface area contributed by atoms with E-state index in [0.717, 1.165) is 11.3 Å². The van der Waals surface area contributed by atoms with E-state index >= 15 is 0 Å². The summed E-state index contributed by atoms with van der Waals surface area (Å²) in [5.41, 5.74) is 2.76. The summed E-state index contributed by atoms with van der Waals surface area (Å²) in [6.45, 7) is 5.48. The third-order valence-electron chi connectivity index (χ3n) is 5.07. The van der Waals surface area contributed by atoms with Crippen LogP contribution in [-0.2, 0) is 9.53 Å². The lowest BCUT2D eigenvalue weighted by Gasteiger charge is -2.15. The summed E-state index contributed by atoms with van der Waals surface area (Å²) in [6, 6.07) is 23.9. The van der Waals surface area contributed by atoms with E-state index < -0.39 is 0 Å². The van der Waals surface area contributed by atoms with Gasteiger partial charge in [0.15, 0.2) is 0 Å². The van der Waals surface area contributed by atoms with Crippen molar-refractivity contribution in [1.82, 2.24) is 5.32 Å². The minimum absolute atomic E-state index is 0.0489. The molecule has 0 heterocycles. The SMILES string of the molecule is CCOCCOc1ccccc1NCC(=O)Nc1cccc(C(=O)NC(C)c2ccccc2)c1. The fourth-order valence-electron chi connectivity index (χ4n) is 3.32. The van der Waals surface area contributed by atoms with Crippen molar-refractivity contribution in [3.63, 3.8) is 0 Å². The van der Waals surface area contributed by atoms with Crippen LogP contribution in [0.25, 0.3) is 0 Å². The van der Waals surface area contributed by atoms with Crippen molar-refractivity contribution < 1.29 is 19.1 Å². The lowest BCUT2D eigenvalue weighted by molar-refractivity contribution is -0.114. The van der Waals surface area contributed by atoms with E-state index in [1.807, 2.05) is 68.4 Å². The van der Waals surface area contributed by atoms with Gasteiger partial charge in [0.2, 0.25) is 5.91 Å². The smallest absolute Gasteiger partial charge is 0.251 e. The van der Waals surface area contributed by atoms with Crippen LogP contribution in [0.2, 0.25) is 0 Å². The zero-order valence-electron chi connectivity index (χ0n) is 19.5. The van der Waals surface area contributed by atoms with E-state index in [4.69, 9.17) is 9.47 Å². The molecule has 7 nitrogen and oxygen atoms in total. The molecule has 1 atom stereocenters. The van der Waals surface area contributed by atoms with Crippen LogP contribution in [0.5, 0.6) is 5.75 Å². The molecule has 3 N–H and O–H groups in total. The highest BCUT2D eigenvalue weighted by molar-refractivity contribution is 5.98. The fourth-order valence-corrected chi connectivity index (χ4v) is 3.32. The molecule has 0 bridgehead atoms. The number of nitrogens with one attached hydrogen (secondary N) is 3. The summed E-state index contributed by atoms with van der Waals surface area (Å²) in [7, 11) is 0. The number of para-hydroxylation sites is 2. The zero-order chi connectivity index (χ0) is 24.2. The molecule has 0 spiro atoms. The summed E-state index contributed by atoms with van der Waals surface area (Å²) in [5.74, 6) is 0.212. The Morgan fingerprint density at radius 3 is 2.47 bits per heavy atom. The summed E-state index contributed by atoms with van der Waals surface area (Å²) in [4.78, 5) is 25.2. The maximum atomic E-state index is 12.7. The van der Waals surface area contributed by atoms with Crippen molar-refractivity contribution in [2.24, 2.45) is 0 Å². The van der Waals surface area contributed by atoms with Crippen molar-refractivity contribution in [3.05, 3.63) is 90.0 Å². The van der Waals surface area contributed by atoms with Gasteiger partial charge in [-0.15, -0.1) is 0 Å². The van der Waals surface area contributed by atoms with Crippen molar-refractivity contribution in [2.45, 2.75) is 19.9 Å². The largest absolute Gasteiger partial charge is 0.489 e. The Morgan fingerprint density at radius 2 is 1.68 bits per heavy atom. The van der Waals surface area contributed by atoms with Gasteiger partial charge in [0.1, 0.15) is 12.4 Å². The van der Waals surface area contributed by atoms with Crippen molar-refractivity contribution in [3.8, 4) is 5.75 Å². The standard InChI is InChI=1S/C27H31N3O4/c1-3-33-16-17-34-25-15-8-7-14-24(25)28-19-26(31)30-23-13-9-12-22(18-23)27(32)29-20(2)21-10-5-4-6-11-21/h4-15,18,20,28H,3,16-17,19H2,1-2H3,(H,29,32)(H,30,31). The first-order valence-electron chi connectivity index (χ1n) is 11.4. The van der Waals surface area contributed by atoms with Crippen LogP contribution in [0.1, 0.15) is 35.8 Å². The molecule has 0 saturated carbocycles. The average Bonchev–Trinajstić information content (AvgIpc) is 2.86. The highest BCUT2D eigenvalue weighted by atomic mass is 16.5. The molecular weight excluding hydrogens is 430 g/mol. The number of amides is 2. The molecule has 2 amide bonds. The van der Waals surface area contributed by atoms with Crippen molar-refractivity contribution in [1.29, 1.82) is 0 Å². The predicted octanol–water partition coefficient (Wildman–Crippen LogP) is 4.64. The molecular formula is C27H31N3O4. The van der Waals surface area contributed by atoms with Gasteiger partial charge < -0.3 is 25.4 Å². The Kier molecular flexibility index (Phi) is 9.49. The summed E-state index contributed by atoms with van der Waals surface area (Å²) in [5, 5.41) is 8.91. The predicted molar refractivity (Wildman–Crippen MR) is 134 cm³/mol. The van der Waals surface area contributed by atoms with Gasteiger partial charge in [-0.25, -0.2) is 0 Å². The van der Waals surface area contributed by atoms with E-state index in [0.29, 0.717) is 36.8 Å². The molecule has 0 aliphatic heterocycles. The van der Waals surface area contributed by atoms with Crippen LogP contribution < -0.4 is 20.7 Å². The Balaban J connectivity index is 1.53. The molecule has 3 aromatic carbocycles. The fraction of sp³-hybridized carbons (Fsp3) is 0.259. The number of carbonyl (C=O) groups excluding carboxylic acids is 2. The van der Waals surface area contributed by atoms with Gasteiger partial charge in [0.05, 0.1) is 24.9 Å². The minimum Gasteiger partial charge on any atom is -0.489 e. The van der Waals surface area contributed by atoms with Gasteiger partial charge in [0, 0.05) is 17.9 Å². The van der Waals surface area contributed by atoms with Gasteiger partial charge in [-0.1, -0.05) is 48.5 Å². The van der Waals surface area contributed by atoms with E-state index in [2.05, 4.69) is 16.0 Å². The zero-order valence-corrected chi connectivity index (χ0v) is 19.5. The van der Waals surface area contributed by atoms with Crippen LogP contribution in [0.15, 0.2) is 78.9 Å². The highest BCUT2D eigenvalue weighted by Crippen LogP contribution is 2.23. The second-order valence-corrected chi connectivity index (χ2v) is 7.63. The van der Waals surface area contributed by atoms with Crippen LogP contribution in [0, 0.1) is 0 Å². The molecule has 7 heteroatoms. The molecule has 0 radical (unpaired) electrons. The van der Waals surface area contributed by atoms with Crippen molar-refractivity contribution in [2.75, 3.05) is 37.0 Å². The maximum Gasteiger partial charge on any atom is 0.251 e. The monoisotopic (exact) mass is 461 g/mol. The number of ether oxygens (including phenoxy) is 2. The number of carbonyl (C=O) groups is 2. The first-order valence-corrected chi connectivity index (χ1v) is 11.4. The molecule has 34 heavy (non-hydrogen) atoms. The number of benzene rings is 3. The Bertz CT molecular complexity index is 1070. The minimum atomic E-state index is -0.237. The number of hydrogen-bond donors (Lipinski definition) is 3. The molecule has 0 saturated heterocycles.